The molecule has 0 saturated carbocycles. The van der Waals surface area contributed by atoms with Crippen LogP contribution in [0.5, 0.6) is 5.88 Å². The predicted octanol–water partition coefficient (Wildman–Crippen LogP) is 3.66. The Morgan fingerprint density at radius 3 is 2.90 bits per heavy atom. The molecule has 102 valence electrons. The van der Waals surface area contributed by atoms with E-state index in [-0.39, 0.29) is 11.8 Å². The van der Waals surface area contributed by atoms with Crippen molar-refractivity contribution >= 4 is 45.0 Å². The maximum absolute atomic E-state index is 11.0. The molecule has 0 radical (unpaired) electrons. The van der Waals surface area contributed by atoms with Crippen molar-refractivity contribution in [3.05, 3.63) is 22.9 Å². The molecule has 0 aliphatic carbocycles. The van der Waals surface area contributed by atoms with Gasteiger partial charge >= 0.3 is 0 Å². The number of amides is 1. The molecule has 0 aliphatic heterocycles. The van der Waals surface area contributed by atoms with E-state index in [4.69, 9.17) is 0 Å². The van der Waals surface area contributed by atoms with E-state index in [1.165, 1.54) is 29.6 Å². The summed E-state index contributed by atoms with van der Waals surface area (Å²) in [7, 11) is 0. The Bertz CT molecular complexity index is 746. The van der Waals surface area contributed by atoms with Crippen molar-refractivity contribution in [2.24, 2.45) is 0 Å². The minimum absolute atomic E-state index is 0.0296. The zero-order chi connectivity index (χ0) is 14.1. The highest BCUT2D eigenvalue weighted by Gasteiger charge is 2.17. The van der Waals surface area contributed by atoms with Crippen LogP contribution in [0.4, 0.5) is 5.13 Å². The second-order valence-corrected chi connectivity index (χ2v) is 6.67. The second-order valence-electron chi connectivity index (χ2n) is 3.87. The molecule has 0 spiro atoms. The molecular weight excluding hydrogens is 314 g/mol. The molecule has 0 aliphatic rings. The van der Waals surface area contributed by atoms with Gasteiger partial charge in [0.2, 0.25) is 11.8 Å². The Kier molecular flexibility index (Phi) is 3.51. The fourth-order valence-electron chi connectivity index (χ4n) is 1.57. The molecule has 3 aromatic rings. The van der Waals surface area contributed by atoms with Crippen molar-refractivity contribution in [1.29, 1.82) is 0 Å². The van der Waals surface area contributed by atoms with Crippen LogP contribution < -0.4 is 5.32 Å². The highest BCUT2D eigenvalue weighted by Crippen LogP contribution is 2.41. The third-order valence-electron chi connectivity index (χ3n) is 2.36. The first-order valence-electron chi connectivity index (χ1n) is 5.60. The molecule has 5 nitrogen and oxygen atoms in total. The van der Waals surface area contributed by atoms with Crippen molar-refractivity contribution in [3.63, 3.8) is 0 Å². The fourth-order valence-corrected chi connectivity index (χ4v) is 4.11. The number of carbonyl (C=O) groups excluding carboxylic acids is 1. The lowest BCUT2D eigenvalue weighted by atomic mass is 10.4. The van der Waals surface area contributed by atoms with Crippen molar-refractivity contribution in [1.82, 2.24) is 9.97 Å². The van der Waals surface area contributed by atoms with Crippen molar-refractivity contribution in [2.45, 2.75) is 6.92 Å². The number of rotatable bonds is 3. The van der Waals surface area contributed by atoms with Crippen molar-refractivity contribution in [3.8, 4) is 26.3 Å². The third-order valence-corrected chi connectivity index (χ3v) is 5.22. The monoisotopic (exact) mass is 323 g/mol. The van der Waals surface area contributed by atoms with Crippen molar-refractivity contribution < 1.29 is 9.90 Å². The Hall–Kier alpha value is -1.77. The van der Waals surface area contributed by atoms with Gasteiger partial charge in [-0.05, 0) is 11.4 Å². The lowest BCUT2D eigenvalue weighted by Gasteiger charge is -1.93. The van der Waals surface area contributed by atoms with Crippen LogP contribution in [0.15, 0.2) is 22.9 Å². The summed E-state index contributed by atoms with van der Waals surface area (Å²) < 4.78 is 0. The van der Waals surface area contributed by atoms with E-state index in [1.54, 1.807) is 16.7 Å². The molecule has 0 unspecified atom stereocenters. The number of hydrogen-bond donors (Lipinski definition) is 2. The van der Waals surface area contributed by atoms with Gasteiger partial charge in [-0.3, -0.25) is 4.79 Å². The lowest BCUT2D eigenvalue weighted by molar-refractivity contribution is -0.114. The summed E-state index contributed by atoms with van der Waals surface area (Å²) in [5, 5.41) is 17.6. The predicted molar refractivity (Wildman–Crippen MR) is 82.5 cm³/mol. The van der Waals surface area contributed by atoms with E-state index in [0.717, 1.165) is 9.88 Å². The molecular formula is C12H9N3O2S3. The van der Waals surface area contributed by atoms with Crippen LogP contribution in [0.3, 0.4) is 0 Å². The maximum atomic E-state index is 11.0. The zero-order valence-electron chi connectivity index (χ0n) is 10.3. The number of thiophene rings is 1. The first kappa shape index (κ1) is 13.2. The summed E-state index contributed by atoms with van der Waals surface area (Å²) in [6.45, 7) is 1.43. The van der Waals surface area contributed by atoms with E-state index < -0.39 is 0 Å². The Labute approximate surface area is 126 Å². The zero-order valence-corrected chi connectivity index (χ0v) is 12.7. The smallest absolute Gasteiger partial charge is 0.232 e. The molecule has 2 N–H and O–H groups in total. The summed E-state index contributed by atoms with van der Waals surface area (Å²) in [5.74, 6) is -0.197. The first-order valence-corrected chi connectivity index (χ1v) is 8.18. The standard InChI is InChI=1S/C12H9N3O2S3/c1-6(16)13-12-14-7(5-19-12)9-10(17)15-11(20-9)8-3-2-4-18-8/h2-5,17H,1H3,(H,13,14,16). The van der Waals surface area contributed by atoms with Crippen LogP contribution in [0.25, 0.3) is 20.5 Å². The molecule has 1 amide bonds. The molecule has 20 heavy (non-hydrogen) atoms. The van der Waals surface area contributed by atoms with Crippen LogP contribution in [0.2, 0.25) is 0 Å². The average Bonchev–Trinajstić information content (AvgIpc) is 3.07. The van der Waals surface area contributed by atoms with Gasteiger partial charge in [0.1, 0.15) is 9.88 Å². The Morgan fingerprint density at radius 1 is 1.35 bits per heavy atom. The maximum Gasteiger partial charge on any atom is 0.232 e. The van der Waals surface area contributed by atoms with Gasteiger partial charge in [-0.2, -0.15) is 0 Å². The molecule has 0 saturated heterocycles. The van der Waals surface area contributed by atoms with E-state index >= 15 is 0 Å². The quantitative estimate of drug-likeness (QED) is 0.771. The minimum Gasteiger partial charge on any atom is -0.492 e. The number of anilines is 1. The highest BCUT2D eigenvalue weighted by atomic mass is 32.1. The van der Waals surface area contributed by atoms with E-state index in [9.17, 15) is 9.90 Å². The Morgan fingerprint density at radius 2 is 2.20 bits per heavy atom. The minimum atomic E-state index is -0.168. The van der Waals surface area contributed by atoms with E-state index in [2.05, 4.69) is 15.3 Å². The topological polar surface area (TPSA) is 75.1 Å². The van der Waals surface area contributed by atoms with Gasteiger partial charge in [-0.15, -0.1) is 34.0 Å². The summed E-state index contributed by atoms with van der Waals surface area (Å²) in [4.78, 5) is 21.0. The van der Waals surface area contributed by atoms with Gasteiger partial charge in [0.25, 0.3) is 0 Å². The molecule has 0 fully saturated rings. The third kappa shape index (κ3) is 2.58. The first-order chi connectivity index (χ1) is 9.63. The van der Waals surface area contributed by atoms with Gasteiger partial charge in [-0.25, -0.2) is 9.97 Å². The number of aromatic nitrogens is 2. The van der Waals surface area contributed by atoms with Crippen molar-refractivity contribution in [2.75, 3.05) is 5.32 Å². The molecule has 3 rings (SSSR count). The number of carbonyl (C=O) groups is 1. The molecule has 0 bridgehead atoms. The van der Waals surface area contributed by atoms with E-state index in [1.807, 2.05) is 17.5 Å². The number of nitrogens with zero attached hydrogens (tertiary/aromatic N) is 2. The summed E-state index contributed by atoms with van der Waals surface area (Å²) in [6, 6.07) is 3.90. The second kappa shape index (κ2) is 5.31. The van der Waals surface area contributed by atoms with Gasteiger partial charge < -0.3 is 10.4 Å². The largest absolute Gasteiger partial charge is 0.492 e. The average molecular weight is 323 g/mol. The van der Waals surface area contributed by atoms with Gasteiger partial charge in [0.15, 0.2) is 5.13 Å². The molecule has 0 atom stereocenters. The summed E-state index contributed by atoms with van der Waals surface area (Å²) in [5.41, 5.74) is 0.622. The Balaban J connectivity index is 1.94. The molecule has 3 heterocycles. The van der Waals surface area contributed by atoms with Crippen LogP contribution in [-0.2, 0) is 4.79 Å². The van der Waals surface area contributed by atoms with Gasteiger partial charge in [-0.1, -0.05) is 6.07 Å². The molecule has 0 aromatic carbocycles. The van der Waals surface area contributed by atoms with Gasteiger partial charge in [0.05, 0.1) is 10.6 Å². The van der Waals surface area contributed by atoms with Gasteiger partial charge in [0, 0.05) is 12.3 Å². The number of hydrogen-bond acceptors (Lipinski definition) is 7. The fraction of sp³-hybridized carbons (Fsp3) is 0.0833. The summed E-state index contributed by atoms with van der Waals surface area (Å²) in [6.07, 6.45) is 0. The van der Waals surface area contributed by atoms with Crippen LogP contribution in [-0.4, -0.2) is 21.0 Å². The molecule has 3 aromatic heterocycles. The van der Waals surface area contributed by atoms with E-state index in [0.29, 0.717) is 15.7 Å². The van der Waals surface area contributed by atoms with Crippen LogP contribution in [0, 0.1) is 0 Å². The summed E-state index contributed by atoms with van der Waals surface area (Å²) >= 11 is 4.27. The molecule has 8 heteroatoms. The number of nitrogens with one attached hydrogen (secondary N) is 1. The number of aromatic hydroxyl groups is 1. The van der Waals surface area contributed by atoms with Crippen LogP contribution >= 0.6 is 34.0 Å². The van der Waals surface area contributed by atoms with Crippen LogP contribution in [0.1, 0.15) is 6.92 Å². The lowest BCUT2D eigenvalue weighted by Crippen LogP contribution is -2.04. The SMILES string of the molecule is CC(=O)Nc1nc(-c2sc(-c3cccs3)nc2O)cs1. The highest BCUT2D eigenvalue weighted by molar-refractivity contribution is 7.23. The normalized spacial score (nSPS) is 10.7. The number of thiazole rings is 2.